The zero-order chi connectivity index (χ0) is 24.5. The molecule has 0 bridgehead atoms. The minimum Gasteiger partial charge on any atom is -0.396 e. The minimum atomic E-state index is 0.0812. The molecule has 7 nitrogen and oxygen atoms in total. The minimum absolute atomic E-state index is 0.0812. The molecule has 1 aromatic carbocycles. The first-order valence-corrected chi connectivity index (χ1v) is 12.4. The van der Waals surface area contributed by atoms with Crippen LogP contribution < -0.4 is 10.6 Å². The fraction of sp³-hybridized carbons (Fsp3) is 0.393. The molecule has 2 N–H and O–H groups in total. The lowest BCUT2D eigenvalue weighted by atomic mass is 9.96. The molecule has 7 heteroatoms. The molecule has 1 atom stereocenters. The number of aromatic nitrogens is 2. The Balaban J connectivity index is 1.50. The molecule has 0 unspecified atom stereocenters. The van der Waals surface area contributed by atoms with Gasteiger partial charge in [-0.2, -0.15) is 0 Å². The van der Waals surface area contributed by atoms with Crippen molar-refractivity contribution in [3.8, 4) is 11.1 Å². The first kappa shape index (κ1) is 23.3. The fourth-order valence-electron chi connectivity index (χ4n) is 5.05. The van der Waals surface area contributed by atoms with Crippen molar-refractivity contribution in [2.45, 2.75) is 38.1 Å². The largest absolute Gasteiger partial charge is 0.396 e. The molecule has 1 aliphatic heterocycles. The van der Waals surface area contributed by atoms with Crippen LogP contribution >= 0.6 is 0 Å². The lowest BCUT2D eigenvalue weighted by Crippen LogP contribution is -2.54. The van der Waals surface area contributed by atoms with E-state index in [0.717, 1.165) is 52.1 Å². The molecule has 2 aliphatic rings. The lowest BCUT2D eigenvalue weighted by molar-refractivity contribution is -0.134. The van der Waals surface area contributed by atoms with E-state index in [4.69, 9.17) is 20.4 Å². The van der Waals surface area contributed by atoms with E-state index >= 15 is 0 Å². The van der Waals surface area contributed by atoms with Crippen molar-refractivity contribution in [2.75, 3.05) is 44.0 Å². The normalized spacial score (nSPS) is 18.2. The van der Waals surface area contributed by atoms with E-state index in [1.165, 1.54) is 0 Å². The number of nitrogen functional groups attached to an aromatic ring is 1. The number of nitrogens with two attached hydrogens (primary N) is 1. The molecule has 0 spiro atoms. The van der Waals surface area contributed by atoms with Gasteiger partial charge in [0.15, 0.2) is 5.82 Å². The van der Waals surface area contributed by atoms with Crippen LogP contribution in [-0.4, -0.2) is 60.2 Å². The topological polar surface area (TPSA) is 84.6 Å². The summed E-state index contributed by atoms with van der Waals surface area (Å²) >= 11 is 0. The Labute approximate surface area is 206 Å². The molecule has 1 amide bonds. The number of rotatable bonds is 7. The molecule has 1 saturated carbocycles. The van der Waals surface area contributed by atoms with Crippen LogP contribution in [0, 0.1) is 0 Å². The van der Waals surface area contributed by atoms with Gasteiger partial charge in [-0.3, -0.25) is 4.79 Å². The number of pyridine rings is 2. The number of ether oxygens (including phenoxy) is 1. The van der Waals surface area contributed by atoms with Crippen molar-refractivity contribution in [1.29, 1.82) is 0 Å². The highest BCUT2D eigenvalue weighted by Crippen LogP contribution is 2.46. The number of nitrogens with zero attached hydrogens (tertiary/aromatic N) is 4. The van der Waals surface area contributed by atoms with Crippen LogP contribution in [0.3, 0.4) is 0 Å². The van der Waals surface area contributed by atoms with E-state index < -0.39 is 0 Å². The summed E-state index contributed by atoms with van der Waals surface area (Å²) in [4.78, 5) is 26.6. The van der Waals surface area contributed by atoms with Crippen LogP contribution in [0.25, 0.3) is 28.1 Å². The number of benzene rings is 1. The molecule has 1 aliphatic carbocycles. The van der Waals surface area contributed by atoms with Crippen LogP contribution in [0.2, 0.25) is 0 Å². The van der Waals surface area contributed by atoms with Crippen molar-refractivity contribution >= 4 is 34.4 Å². The monoisotopic (exact) mass is 471 g/mol. The number of piperazine rings is 1. The predicted molar refractivity (Wildman–Crippen MR) is 141 cm³/mol. The average molecular weight is 472 g/mol. The standard InChI is InChI=1S/C28H33N5O2/c1-4-20-15-22(21-7-5-6-8-25(21)30-20)23-16-24(29)28(31-27(23)19-9-10-19)32-12-13-33(18(2)17-32)26(34)11-14-35-3/h4-8,15-16,18-19H,1,9-14,17,29H2,2-3H3/t18-/m1/s1. The second-order valence-electron chi connectivity index (χ2n) is 9.55. The van der Waals surface area contributed by atoms with Crippen LogP contribution in [0.4, 0.5) is 11.5 Å². The third kappa shape index (κ3) is 4.60. The van der Waals surface area contributed by atoms with Gasteiger partial charge in [0.25, 0.3) is 0 Å². The van der Waals surface area contributed by atoms with E-state index in [0.29, 0.717) is 44.3 Å². The third-order valence-electron chi connectivity index (χ3n) is 7.03. The molecule has 1 saturated heterocycles. The van der Waals surface area contributed by atoms with Crippen molar-refractivity contribution in [3.63, 3.8) is 0 Å². The summed E-state index contributed by atoms with van der Waals surface area (Å²) in [6, 6.07) is 12.4. The first-order valence-electron chi connectivity index (χ1n) is 12.4. The number of hydrogen-bond acceptors (Lipinski definition) is 6. The van der Waals surface area contributed by atoms with Crippen LogP contribution in [0.15, 0.2) is 43.0 Å². The summed E-state index contributed by atoms with van der Waals surface area (Å²) in [5.41, 5.74) is 12.4. The highest BCUT2D eigenvalue weighted by atomic mass is 16.5. The number of carbonyl (C=O) groups excluding carboxylic acids is 1. The van der Waals surface area contributed by atoms with Gasteiger partial charge in [0.1, 0.15) is 0 Å². The molecule has 182 valence electrons. The van der Waals surface area contributed by atoms with Crippen molar-refractivity contribution < 1.29 is 9.53 Å². The highest BCUT2D eigenvalue weighted by molar-refractivity contribution is 5.97. The summed E-state index contributed by atoms with van der Waals surface area (Å²) in [5.74, 6) is 1.41. The molecule has 3 heterocycles. The van der Waals surface area contributed by atoms with Gasteiger partial charge in [-0.05, 0) is 49.6 Å². The van der Waals surface area contributed by atoms with Crippen LogP contribution in [0.5, 0.6) is 0 Å². The van der Waals surface area contributed by atoms with E-state index in [1.807, 2.05) is 23.1 Å². The smallest absolute Gasteiger partial charge is 0.225 e. The molecule has 0 radical (unpaired) electrons. The quantitative estimate of drug-likeness (QED) is 0.547. The van der Waals surface area contributed by atoms with E-state index in [1.54, 1.807) is 13.2 Å². The van der Waals surface area contributed by atoms with Gasteiger partial charge in [-0.1, -0.05) is 24.8 Å². The van der Waals surface area contributed by atoms with E-state index in [2.05, 4.69) is 36.6 Å². The summed E-state index contributed by atoms with van der Waals surface area (Å²) < 4.78 is 5.08. The second-order valence-corrected chi connectivity index (χ2v) is 9.55. The Morgan fingerprint density at radius 2 is 2.00 bits per heavy atom. The Hall–Kier alpha value is -3.45. The number of carbonyl (C=O) groups is 1. The zero-order valence-electron chi connectivity index (χ0n) is 20.5. The molecule has 5 rings (SSSR count). The van der Waals surface area contributed by atoms with Crippen molar-refractivity contribution in [3.05, 3.63) is 54.4 Å². The number of fused-ring (bicyclic) bond motifs is 1. The maximum Gasteiger partial charge on any atom is 0.225 e. The highest BCUT2D eigenvalue weighted by Gasteiger charge is 2.33. The van der Waals surface area contributed by atoms with Crippen LogP contribution in [-0.2, 0) is 9.53 Å². The molecule has 2 aromatic heterocycles. The summed E-state index contributed by atoms with van der Waals surface area (Å²) in [6.45, 7) is 8.54. The third-order valence-corrected chi connectivity index (χ3v) is 7.03. The van der Waals surface area contributed by atoms with E-state index in [9.17, 15) is 4.79 Å². The van der Waals surface area contributed by atoms with Crippen molar-refractivity contribution in [2.24, 2.45) is 0 Å². The van der Waals surface area contributed by atoms with Gasteiger partial charge in [-0.25, -0.2) is 9.97 Å². The van der Waals surface area contributed by atoms with Gasteiger partial charge < -0.3 is 20.3 Å². The van der Waals surface area contributed by atoms with Gasteiger partial charge in [0.05, 0.1) is 35.6 Å². The molecule has 3 aromatic rings. The summed E-state index contributed by atoms with van der Waals surface area (Å²) in [7, 11) is 1.62. The number of hydrogen-bond donors (Lipinski definition) is 1. The molecule has 2 fully saturated rings. The second kappa shape index (κ2) is 9.66. The van der Waals surface area contributed by atoms with Crippen molar-refractivity contribution in [1.82, 2.24) is 14.9 Å². The predicted octanol–water partition coefficient (Wildman–Crippen LogP) is 4.47. The number of methoxy groups -OCH3 is 1. The first-order chi connectivity index (χ1) is 17.0. The van der Waals surface area contributed by atoms with Gasteiger partial charge in [-0.15, -0.1) is 0 Å². The van der Waals surface area contributed by atoms with Gasteiger partial charge in [0.2, 0.25) is 5.91 Å². The van der Waals surface area contributed by atoms with E-state index in [-0.39, 0.29) is 11.9 Å². The summed E-state index contributed by atoms with van der Waals surface area (Å²) in [5, 5.41) is 1.09. The fourth-order valence-corrected chi connectivity index (χ4v) is 5.05. The maximum atomic E-state index is 12.6. The molecular formula is C28H33N5O2. The SMILES string of the molecule is C=Cc1cc(-c2cc(N)c(N3CCN(C(=O)CCOC)[C@H](C)C3)nc2C2CC2)c2ccccc2n1. The number of amides is 1. The number of para-hydroxylation sites is 1. The van der Waals surface area contributed by atoms with Gasteiger partial charge >= 0.3 is 0 Å². The Kier molecular flexibility index (Phi) is 6.43. The van der Waals surface area contributed by atoms with Gasteiger partial charge in [0, 0.05) is 49.7 Å². The Morgan fingerprint density at radius 3 is 2.71 bits per heavy atom. The summed E-state index contributed by atoms with van der Waals surface area (Å²) in [6.07, 6.45) is 4.47. The maximum absolute atomic E-state index is 12.6. The number of anilines is 2. The molecule has 35 heavy (non-hydrogen) atoms. The Morgan fingerprint density at radius 1 is 1.20 bits per heavy atom. The lowest BCUT2D eigenvalue weighted by Gasteiger charge is -2.41. The Bertz CT molecular complexity index is 1270. The average Bonchev–Trinajstić information content (AvgIpc) is 3.71. The van der Waals surface area contributed by atoms with Crippen LogP contribution in [0.1, 0.15) is 43.5 Å². The molecular weight excluding hydrogens is 438 g/mol. The zero-order valence-corrected chi connectivity index (χ0v) is 20.5.